The molecule has 136 valence electrons. The third-order valence-corrected chi connectivity index (χ3v) is 5.47. The van der Waals surface area contributed by atoms with Crippen molar-refractivity contribution in [2.45, 2.75) is 45.4 Å². The predicted octanol–water partition coefficient (Wildman–Crippen LogP) is 1.54. The second kappa shape index (κ2) is 6.44. The van der Waals surface area contributed by atoms with Gasteiger partial charge in [0, 0.05) is 25.2 Å². The van der Waals surface area contributed by atoms with Crippen LogP contribution >= 0.6 is 0 Å². The van der Waals surface area contributed by atoms with E-state index >= 15 is 0 Å². The van der Waals surface area contributed by atoms with Gasteiger partial charge in [0.15, 0.2) is 11.5 Å². The SMILES string of the molecule is Cc1ccc2nnc(C3CCN(Cc4cnc5n4CCOC5)CC3)n2n1. The van der Waals surface area contributed by atoms with E-state index in [2.05, 4.69) is 29.7 Å². The first kappa shape index (κ1) is 15.9. The Morgan fingerprint density at radius 2 is 2.04 bits per heavy atom. The molecule has 26 heavy (non-hydrogen) atoms. The number of hydrogen-bond acceptors (Lipinski definition) is 6. The molecule has 0 aromatic carbocycles. The molecule has 0 aliphatic carbocycles. The standard InChI is InChI=1S/C18H23N7O/c1-13-2-3-16-20-21-18(25(16)22-13)14-4-6-23(7-5-14)11-15-10-19-17-12-26-9-8-24(15)17/h2-3,10,14H,4-9,11-12H2,1H3. The van der Waals surface area contributed by atoms with Crippen molar-refractivity contribution in [1.82, 2.24) is 34.3 Å². The van der Waals surface area contributed by atoms with E-state index in [-0.39, 0.29) is 0 Å². The molecular formula is C18H23N7O. The quantitative estimate of drug-likeness (QED) is 0.711. The van der Waals surface area contributed by atoms with Crippen molar-refractivity contribution in [2.75, 3.05) is 19.7 Å². The Morgan fingerprint density at radius 1 is 1.15 bits per heavy atom. The number of aryl methyl sites for hydroxylation is 1. The van der Waals surface area contributed by atoms with Gasteiger partial charge in [-0.05, 0) is 45.0 Å². The smallest absolute Gasteiger partial charge is 0.177 e. The summed E-state index contributed by atoms with van der Waals surface area (Å²) >= 11 is 0. The van der Waals surface area contributed by atoms with Crippen LogP contribution in [0.1, 0.15) is 41.8 Å². The minimum absolute atomic E-state index is 0.420. The lowest BCUT2D eigenvalue weighted by molar-refractivity contribution is 0.0792. The van der Waals surface area contributed by atoms with Gasteiger partial charge in [0.05, 0.1) is 18.0 Å². The van der Waals surface area contributed by atoms with E-state index in [1.807, 2.05) is 29.8 Å². The molecule has 5 rings (SSSR count). The summed E-state index contributed by atoms with van der Waals surface area (Å²) in [6.07, 6.45) is 4.18. The van der Waals surface area contributed by atoms with Crippen LogP contribution < -0.4 is 0 Å². The Bertz CT molecular complexity index is 923. The molecule has 2 aliphatic rings. The predicted molar refractivity (Wildman–Crippen MR) is 94.7 cm³/mol. The highest BCUT2D eigenvalue weighted by atomic mass is 16.5. The lowest BCUT2D eigenvalue weighted by Crippen LogP contribution is -2.34. The molecule has 2 aliphatic heterocycles. The van der Waals surface area contributed by atoms with Gasteiger partial charge >= 0.3 is 0 Å². The van der Waals surface area contributed by atoms with E-state index in [1.165, 1.54) is 5.69 Å². The highest BCUT2D eigenvalue weighted by Crippen LogP contribution is 2.28. The maximum absolute atomic E-state index is 5.48. The average molecular weight is 353 g/mol. The monoisotopic (exact) mass is 353 g/mol. The van der Waals surface area contributed by atoms with Crippen molar-refractivity contribution in [2.24, 2.45) is 0 Å². The number of rotatable bonds is 3. The van der Waals surface area contributed by atoms with Crippen molar-refractivity contribution in [3.63, 3.8) is 0 Å². The summed E-state index contributed by atoms with van der Waals surface area (Å²) in [5.41, 5.74) is 3.12. The number of aromatic nitrogens is 6. The summed E-state index contributed by atoms with van der Waals surface area (Å²) < 4.78 is 9.71. The summed E-state index contributed by atoms with van der Waals surface area (Å²) in [4.78, 5) is 7.01. The van der Waals surface area contributed by atoms with Gasteiger partial charge in [0.25, 0.3) is 0 Å². The summed E-state index contributed by atoms with van der Waals surface area (Å²) in [6.45, 7) is 7.41. The number of hydrogen-bond donors (Lipinski definition) is 0. The Kier molecular flexibility index (Phi) is 3.94. The van der Waals surface area contributed by atoms with Crippen LogP contribution in [0.25, 0.3) is 5.65 Å². The third kappa shape index (κ3) is 2.79. The molecule has 3 aromatic rings. The lowest BCUT2D eigenvalue weighted by atomic mass is 9.96. The molecule has 0 amide bonds. The van der Waals surface area contributed by atoms with Gasteiger partial charge in [-0.25, -0.2) is 4.98 Å². The average Bonchev–Trinajstić information content (AvgIpc) is 3.27. The molecular weight excluding hydrogens is 330 g/mol. The molecule has 5 heterocycles. The molecule has 1 saturated heterocycles. The largest absolute Gasteiger partial charge is 0.372 e. The van der Waals surface area contributed by atoms with Gasteiger partial charge in [-0.2, -0.15) is 9.61 Å². The number of ether oxygens (including phenoxy) is 1. The number of nitrogens with zero attached hydrogens (tertiary/aromatic N) is 7. The van der Waals surface area contributed by atoms with Crippen LogP contribution in [0.15, 0.2) is 18.3 Å². The van der Waals surface area contributed by atoms with Gasteiger partial charge in [0.1, 0.15) is 12.4 Å². The van der Waals surface area contributed by atoms with E-state index in [0.717, 1.165) is 68.6 Å². The van der Waals surface area contributed by atoms with Crippen molar-refractivity contribution in [3.05, 3.63) is 41.4 Å². The Hall–Kier alpha value is -2.32. The van der Waals surface area contributed by atoms with E-state index in [0.29, 0.717) is 12.5 Å². The Morgan fingerprint density at radius 3 is 2.92 bits per heavy atom. The van der Waals surface area contributed by atoms with Crippen molar-refractivity contribution >= 4 is 5.65 Å². The van der Waals surface area contributed by atoms with E-state index in [4.69, 9.17) is 4.74 Å². The van der Waals surface area contributed by atoms with Crippen LogP contribution in [0.3, 0.4) is 0 Å². The molecule has 0 unspecified atom stereocenters. The molecule has 0 spiro atoms. The van der Waals surface area contributed by atoms with Gasteiger partial charge in [-0.3, -0.25) is 4.90 Å². The van der Waals surface area contributed by atoms with E-state index in [1.54, 1.807) is 0 Å². The fourth-order valence-electron chi connectivity index (χ4n) is 4.02. The summed E-state index contributed by atoms with van der Waals surface area (Å²) in [5, 5.41) is 13.3. The molecule has 3 aromatic heterocycles. The Balaban J connectivity index is 1.27. The highest BCUT2D eigenvalue weighted by molar-refractivity contribution is 5.36. The molecule has 0 N–H and O–H groups in total. The van der Waals surface area contributed by atoms with Crippen molar-refractivity contribution < 1.29 is 4.74 Å². The van der Waals surface area contributed by atoms with Crippen LogP contribution in [0, 0.1) is 6.92 Å². The van der Waals surface area contributed by atoms with E-state index in [9.17, 15) is 0 Å². The van der Waals surface area contributed by atoms with Crippen LogP contribution in [0.5, 0.6) is 0 Å². The fourth-order valence-corrected chi connectivity index (χ4v) is 4.02. The zero-order valence-electron chi connectivity index (χ0n) is 15.0. The topological polar surface area (TPSA) is 73.4 Å². The van der Waals surface area contributed by atoms with Crippen LogP contribution in [0.4, 0.5) is 0 Å². The summed E-state index contributed by atoms with van der Waals surface area (Å²) in [5.74, 6) is 2.48. The van der Waals surface area contributed by atoms with Crippen LogP contribution in [0.2, 0.25) is 0 Å². The minimum atomic E-state index is 0.420. The first-order chi connectivity index (χ1) is 12.8. The number of fused-ring (bicyclic) bond motifs is 2. The minimum Gasteiger partial charge on any atom is -0.372 e. The molecule has 1 fully saturated rings. The van der Waals surface area contributed by atoms with Crippen LogP contribution in [-0.4, -0.2) is 54.0 Å². The number of piperidine rings is 1. The molecule has 8 heteroatoms. The number of imidazole rings is 1. The van der Waals surface area contributed by atoms with Crippen molar-refractivity contribution in [3.8, 4) is 0 Å². The third-order valence-electron chi connectivity index (χ3n) is 5.47. The maximum atomic E-state index is 5.48. The van der Waals surface area contributed by atoms with Crippen molar-refractivity contribution in [1.29, 1.82) is 0 Å². The second-order valence-corrected chi connectivity index (χ2v) is 7.22. The summed E-state index contributed by atoms with van der Waals surface area (Å²) in [7, 11) is 0. The zero-order chi connectivity index (χ0) is 17.5. The Labute approximate surface area is 151 Å². The number of likely N-dealkylation sites (tertiary alicyclic amines) is 1. The molecule has 8 nitrogen and oxygen atoms in total. The fraction of sp³-hybridized carbons (Fsp3) is 0.556. The van der Waals surface area contributed by atoms with E-state index < -0.39 is 0 Å². The van der Waals surface area contributed by atoms with Crippen LogP contribution in [-0.2, 0) is 24.4 Å². The zero-order valence-corrected chi connectivity index (χ0v) is 15.0. The summed E-state index contributed by atoms with van der Waals surface area (Å²) in [6, 6.07) is 3.97. The first-order valence-corrected chi connectivity index (χ1v) is 9.30. The van der Waals surface area contributed by atoms with Gasteiger partial charge in [-0.15, -0.1) is 10.2 Å². The maximum Gasteiger partial charge on any atom is 0.177 e. The molecule has 0 saturated carbocycles. The lowest BCUT2D eigenvalue weighted by Gasteiger charge is -2.31. The normalized spacial score (nSPS) is 19.1. The highest BCUT2D eigenvalue weighted by Gasteiger charge is 2.26. The molecule has 0 bridgehead atoms. The molecule has 0 atom stereocenters. The second-order valence-electron chi connectivity index (χ2n) is 7.22. The first-order valence-electron chi connectivity index (χ1n) is 9.30. The van der Waals surface area contributed by atoms with Gasteiger partial charge in [-0.1, -0.05) is 0 Å². The van der Waals surface area contributed by atoms with Gasteiger partial charge in [0.2, 0.25) is 0 Å². The molecule has 0 radical (unpaired) electrons. The van der Waals surface area contributed by atoms with Gasteiger partial charge < -0.3 is 9.30 Å².